The predicted molar refractivity (Wildman–Crippen MR) is 53.9 cm³/mol. The molecular weight excluding hydrogens is 180 g/mol. The van der Waals surface area contributed by atoms with E-state index in [4.69, 9.17) is 4.52 Å². The molecule has 0 amide bonds. The summed E-state index contributed by atoms with van der Waals surface area (Å²) in [4.78, 5) is 6.29. The number of nitrogens with zero attached hydrogens (tertiary/aromatic N) is 3. The minimum Gasteiger partial charge on any atom is -0.339 e. The van der Waals surface area contributed by atoms with E-state index in [9.17, 15) is 0 Å². The summed E-state index contributed by atoms with van der Waals surface area (Å²) in [5, 5.41) is 6.97. The second-order valence-electron chi connectivity index (χ2n) is 3.55. The molecule has 1 rings (SSSR count). The summed E-state index contributed by atoms with van der Waals surface area (Å²) in [7, 11) is 5.90. The van der Waals surface area contributed by atoms with Crippen LogP contribution in [0.3, 0.4) is 0 Å². The van der Waals surface area contributed by atoms with Crippen LogP contribution >= 0.6 is 0 Å². The molecule has 0 aliphatic carbocycles. The van der Waals surface area contributed by atoms with Crippen LogP contribution in [0.5, 0.6) is 0 Å². The molecular formula is C9H18N4O. The van der Waals surface area contributed by atoms with Crippen molar-refractivity contribution in [1.82, 2.24) is 20.4 Å². The van der Waals surface area contributed by atoms with Crippen LogP contribution < -0.4 is 5.32 Å². The van der Waals surface area contributed by atoms with Gasteiger partial charge >= 0.3 is 0 Å². The van der Waals surface area contributed by atoms with Gasteiger partial charge in [0.05, 0.1) is 6.54 Å². The number of aromatic nitrogens is 2. The van der Waals surface area contributed by atoms with Gasteiger partial charge in [0.2, 0.25) is 5.89 Å². The van der Waals surface area contributed by atoms with E-state index in [1.165, 1.54) is 0 Å². The number of nitrogens with one attached hydrogen (secondary N) is 1. The van der Waals surface area contributed by atoms with Gasteiger partial charge in [-0.2, -0.15) is 4.98 Å². The molecule has 0 saturated carbocycles. The number of aryl methyl sites for hydroxylation is 1. The van der Waals surface area contributed by atoms with E-state index in [2.05, 4.69) is 15.5 Å². The molecule has 0 aliphatic rings. The SMILES string of the molecule is CNCCCc1nc(CN(C)C)no1. The highest BCUT2D eigenvalue weighted by Gasteiger charge is 2.05. The largest absolute Gasteiger partial charge is 0.339 e. The van der Waals surface area contributed by atoms with E-state index in [0.29, 0.717) is 0 Å². The van der Waals surface area contributed by atoms with Crippen molar-refractivity contribution in [2.24, 2.45) is 0 Å². The smallest absolute Gasteiger partial charge is 0.226 e. The molecule has 0 fully saturated rings. The van der Waals surface area contributed by atoms with Crippen molar-refractivity contribution in [2.75, 3.05) is 27.7 Å². The first-order valence-electron chi connectivity index (χ1n) is 4.83. The first-order valence-corrected chi connectivity index (χ1v) is 4.83. The summed E-state index contributed by atoms with van der Waals surface area (Å²) in [6.45, 7) is 1.71. The second-order valence-corrected chi connectivity index (χ2v) is 3.55. The average Bonchev–Trinajstić information content (AvgIpc) is 2.52. The van der Waals surface area contributed by atoms with Crippen molar-refractivity contribution in [3.8, 4) is 0 Å². The molecule has 1 aromatic heterocycles. The Morgan fingerprint density at radius 2 is 2.21 bits per heavy atom. The monoisotopic (exact) mass is 198 g/mol. The zero-order valence-electron chi connectivity index (χ0n) is 9.08. The molecule has 1 aromatic rings. The molecule has 0 aliphatic heterocycles. The third kappa shape index (κ3) is 3.85. The summed E-state index contributed by atoms with van der Waals surface area (Å²) in [6.07, 6.45) is 1.88. The first-order chi connectivity index (χ1) is 6.72. The Morgan fingerprint density at radius 1 is 1.43 bits per heavy atom. The van der Waals surface area contributed by atoms with Gasteiger partial charge in [-0.15, -0.1) is 0 Å². The van der Waals surface area contributed by atoms with Crippen LogP contribution in [0.4, 0.5) is 0 Å². The van der Waals surface area contributed by atoms with Crippen molar-refractivity contribution < 1.29 is 4.52 Å². The van der Waals surface area contributed by atoms with Crippen LogP contribution in [0.1, 0.15) is 18.1 Å². The van der Waals surface area contributed by atoms with Crippen LogP contribution in [-0.2, 0) is 13.0 Å². The number of hydrogen-bond donors (Lipinski definition) is 1. The zero-order chi connectivity index (χ0) is 10.4. The predicted octanol–water partition coefficient (Wildman–Crippen LogP) is 0.283. The van der Waals surface area contributed by atoms with Gasteiger partial charge in [0.25, 0.3) is 0 Å². The fourth-order valence-electron chi connectivity index (χ4n) is 1.16. The molecule has 14 heavy (non-hydrogen) atoms. The summed E-state index contributed by atoms with van der Waals surface area (Å²) < 4.78 is 5.10. The molecule has 0 aromatic carbocycles. The van der Waals surface area contributed by atoms with E-state index in [0.717, 1.165) is 37.6 Å². The summed E-state index contributed by atoms with van der Waals surface area (Å²) in [5.74, 6) is 1.49. The van der Waals surface area contributed by atoms with Crippen molar-refractivity contribution in [1.29, 1.82) is 0 Å². The van der Waals surface area contributed by atoms with Crippen LogP contribution in [0, 0.1) is 0 Å². The molecule has 5 heteroatoms. The molecule has 5 nitrogen and oxygen atoms in total. The van der Waals surface area contributed by atoms with E-state index >= 15 is 0 Å². The molecule has 0 spiro atoms. The van der Waals surface area contributed by atoms with Crippen LogP contribution in [-0.4, -0.2) is 42.7 Å². The maximum absolute atomic E-state index is 5.10. The third-order valence-corrected chi connectivity index (χ3v) is 1.79. The highest BCUT2D eigenvalue weighted by atomic mass is 16.5. The van der Waals surface area contributed by atoms with Crippen molar-refractivity contribution in [3.63, 3.8) is 0 Å². The van der Waals surface area contributed by atoms with Crippen molar-refractivity contribution >= 4 is 0 Å². The molecule has 1 N–H and O–H groups in total. The number of hydrogen-bond acceptors (Lipinski definition) is 5. The van der Waals surface area contributed by atoms with Gasteiger partial charge in [-0.25, -0.2) is 0 Å². The van der Waals surface area contributed by atoms with Crippen LogP contribution in [0.25, 0.3) is 0 Å². The molecule has 1 heterocycles. The van der Waals surface area contributed by atoms with E-state index in [-0.39, 0.29) is 0 Å². The first kappa shape index (κ1) is 11.1. The third-order valence-electron chi connectivity index (χ3n) is 1.79. The molecule has 0 radical (unpaired) electrons. The van der Waals surface area contributed by atoms with Gasteiger partial charge in [0.1, 0.15) is 0 Å². The van der Waals surface area contributed by atoms with Gasteiger partial charge in [-0.05, 0) is 34.1 Å². The lowest BCUT2D eigenvalue weighted by molar-refractivity contribution is 0.347. The van der Waals surface area contributed by atoms with Crippen molar-refractivity contribution in [3.05, 3.63) is 11.7 Å². The summed E-state index contributed by atoms with van der Waals surface area (Å²) in [6, 6.07) is 0. The molecule has 0 unspecified atom stereocenters. The summed E-state index contributed by atoms with van der Waals surface area (Å²) >= 11 is 0. The molecule has 0 bridgehead atoms. The fraction of sp³-hybridized carbons (Fsp3) is 0.778. The van der Waals surface area contributed by atoms with E-state index in [1.807, 2.05) is 26.0 Å². The second kappa shape index (κ2) is 5.72. The van der Waals surface area contributed by atoms with Gasteiger partial charge in [-0.1, -0.05) is 5.16 Å². The highest BCUT2D eigenvalue weighted by molar-refractivity contribution is 4.85. The standard InChI is InChI=1S/C9H18N4O/c1-10-6-4-5-9-11-8(12-14-9)7-13(2)3/h10H,4-7H2,1-3H3. The summed E-state index contributed by atoms with van der Waals surface area (Å²) in [5.41, 5.74) is 0. The highest BCUT2D eigenvalue weighted by Crippen LogP contribution is 2.01. The Bertz CT molecular complexity index is 259. The minimum atomic E-state index is 0.732. The maximum Gasteiger partial charge on any atom is 0.226 e. The van der Waals surface area contributed by atoms with Gasteiger partial charge in [0.15, 0.2) is 5.82 Å². The fourth-order valence-corrected chi connectivity index (χ4v) is 1.16. The van der Waals surface area contributed by atoms with E-state index in [1.54, 1.807) is 0 Å². The average molecular weight is 198 g/mol. The van der Waals surface area contributed by atoms with Crippen LogP contribution in [0.15, 0.2) is 4.52 Å². The van der Waals surface area contributed by atoms with Crippen molar-refractivity contribution in [2.45, 2.75) is 19.4 Å². The topological polar surface area (TPSA) is 54.2 Å². The number of rotatable bonds is 6. The minimum absolute atomic E-state index is 0.732. The van der Waals surface area contributed by atoms with Gasteiger partial charge in [-0.3, -0.25) is 0 Å². The Balaban J connectivity index is 2.35. The lowest BCUT2D eigenvalue weighted by Gasteiger charge is -2.03. The Hall–Kier alpha value is -0.940. The normalized spacial score (nSPS) is 11.1. The molecule has 0 atom stereocenters. The lowest BCUT2D eigenvalue weighted by Crippen LogP contribution is -2.12. The van der Waals surface area contributed by atoms with E-state index < -0.39 is 0 Å². The van der Waals surface area contributed by atoms with Gasteiger partial charge < -0.3 is 14.7 Å². The van der Waals surface area contributed by atoms with Gasteiger partial charge in [0, 0.05) is 6.42 Å². The lowest BCUT2D eigenvalue weighted by atomic mass is 10.3. The quantitative estimate of drug-likeness (QED) is 0.665. The Labute approximate surface area is 84.5 Å². The zero-order valence-corrected chi connectivity index (χ0v) is 9.08. The molecule has 80 valence electrons. The van der Waals surface area contributed by atoms with Crippen LogP contribution in [0.2, 0.25) is 0 Å². The Morgan fingerprint density at radius 3 is 2.86 bits per heavy atom. The Kier molecular flexibility index (Phi) is 4.55. The molecule has 0 saturated heterocycles. The maximum atomic E-state index is 5.10.